The largest absolute Gasteiger partial charge is 0.481 e. The third kappa shape index (κ3) is 7.75. The second-order valence-corrected chi connectivity index (χ2v) is 8.82. The monoisotopic (exact) mass is 440 g/mol. The third-order valence-electron chi connectivity index (χ3n) is 5.38. The summed E-state index contributed by atoms with van der Waals surface area (Å²) in [6, 6.07) is 17.8. The Morgan fingerprint density at radius 2 is 1.74 bits per heavy atom. The molecule has 0 bridgehead atoms. The Labute approximate surface area is 187 Å². The van der Waals surface area contributed by atoms with Crippen LogP contribution in [0.2, 0.25) is 0 Å². The van der Waals surface area contributed by atoms with E-state index in [1.54, 1.807) is 6.07 Å². The van der Waals surface area contributed by atoms with Crippen molar-refractivity contribution in [1.29, 1.82) is 0 Å². The average Bonchev–Trinajstić information content (AvgIpc) is 2.77. The summed E-state index contributed by atoms with van der Waals surface area (Å²) in [5, 5.41) is 11.4. The number of nitrogens with zero attached hydrogens (tertiary/aromatic N) is 1. The van der Waals surface area contributed by atoms with Gasteiger partial charge in [-0.2, -0.15) is 0 Å². The molecule has 2 amide bonds. The first-order valence-electron chi connectivity index (χ1n) is 10.6. The first-order valence-corrected chi connectivity index (χ1v) is 11.5. The molecule has 0 aliphatic carbocycles. The minimum atomic E-state index is -0.998. The minimum Gasteiger partial charge on any atom is -0.481 e. The second-order valence-electron chi connectivity index (χ2n) is 7.77. The highest BCUT2D eigenvalue weighted by atomic mass is 32.2. The average molecular weight is 441 g/mol. The van der Waals surface area contributed by atoms with E-state index in [1.165, 1.54) is 17.3 Å². The fourth-order valence-electron chi connectivity index (χ4n) is 3.68. The number of carbonyl (C=O) groups excluding carboxylic acids is 2. The zero-order valence-corrected chi connectivity index (χ0v) is 18.3. The number of anilines is 1. The Hall–Kier alpha value is -2.80. The highest BCUT2D eigenvalue weighted by Crippen LogP contribution is 2.25. The van der Waals surface area contributed by atoms with E-state index in [0.717, 1.165) is 37.2 Å². The van der Waals surface area contributed by atoms with Crippen molar-refractivity contribution in [3.8, 4) is 0 Å². The van der Waals surface area contributed by atoms with Crippen LogP contribution in [-0.2, 0) is 20.8 Å². The van der Waals surface area contributed by atoms with Crippen molar-refractivity contribution in [2.45, 2.75) is 37.0 Å². The van der Waals surface area contributed by atoms with Crippen molar-refractivity contribution in [1.82, 2.24) is 4.90 Å². The number of benzene rings is 2. The number of aliphatic carboxylic acids is 1. The van der Waals surface area contributed by atoms with Crippen LogP contribution in [0, 0.1) is 5.92 Å². The third-order valence-corrected chi connectivity index (χ3v) is 6.36. The van der Waals surface area contributed by atoms with Gasteiger partial charge in [-0.3, -0.25) is 14.4 Å². The maximum Gasteiger partial charge on any atom is 0.303 e. The van der Waals surface area contributed by atoms with E-state index < -0.39 is 5.97 Å². The lowest BCUT2D eigenvalue weighted by Crippen LogP contribution is -2.39. The molecule has 2 aromatic carbocycles. The van der Waals surface area contributed by atoms with Crippen molar-refractivity contribution in [3.05, 3.63) is 60.2 Å². The first-order chi connectivity index (χ1) is 15.0. The number of likely N-dealkylation sites (tertiary alicyclic amines) is 1. The molecular formula is C24H28N2O4S. The number of thioether (sulfide) groups is 1. The molecule has 6 nitrogen and oxygen atoms in total. The molecule has 1 fully saturated rings. The number of carboxylic acids is 1. The standard InChI is InChI=1S/C24H28N2O4S/c27-22(9-10-24(29)30)25-20-7-4-8-21(16-20)31-17-23(28)26-13-11-19(12-14-26)15-18-5-2-1-3-6-18/h1-8,16,19H,9-15,17H2,(H,25,27)(H,29,30). The molecule has 2 aromatic rings. The number of nitrogens with one attached hydrogen (secondary N) is 1. The molecule has 0 spiro atoms. The Kier molecular flexibility index (Phi) is 8.53. The Bertz CT molecular complexity index is 895. The number of hydrogen-bond acceptors (Lipinski definition) is 4. The summed E-state index contributed by atoms with van der Waals surface area (Å²) in [4.78, 5) is 37.8. The van der Waals surface area contributed by atoms with E-state index in [2.05, 4.69) is 29.6 Å². The molecule has 1 aliphatic rings. The molecule has 1 aliphatic heterocycles. The van der Waals surface area contributed by atoms with E-state index in [0.29, 0.717) is 17.4 Å². The van der Waals surface area contributed by atoms with Gasteiger partial charge in [-0.05, 0) is 48.9 Å². The molecule has 2 N–H and O–H groups in total. The molecule has 164 valence electrons. The lowest BCUT2D eigenvalue weighted by molar-refractivity contribution is -0.138. The van der Waals surface area contributed by atoms with E-state index in [4.69, 9.17) is 5.11 Å². The van der Waals surface area contributed by atoms with Crippen molar-refractivity contribution >= 4 is 35.2 Å². The van der Waals surface area contributed by atoms with Crippen LogP contribution in [0.4, 0.5) is 5.69 Å². The molecule has 31 heavy (non-hydrogen) atoms. The maximum absolute atomic E-state index is 12.6. The summed E-state index contributed by atoms with van der Waals surface area (Å²) in [5.41, 5.74) is 1.97. The second kappa shape index (κ2) is 11.6. The lowest BCUT2D eigenvalue weighted by Gasteiger charge is -2.32. The lowest BCUT2D eigenvalue weighted by atomic mass is 9.90. The SMILES string of the molecule is O=C(O)CCC(=O)Nc1cccc(SCC(=O)N2CCC(Cc3ccccc3)CC2)c1. The Morgan fingerprint density at radius 3 is 2.45 bits per heavy atom. The summed E-state index contributed by atoms with van der Waals surface area (Å²) in [5.74, 6) is -0.208. The van der Waals surface area contributed by atoms with Gasteiger partial charge in [0.05, 0.1) is 12.2 Å². The molecule has 1 heterocycles. The zero-order valence-electron chi connectivity index (χ0n) is 17.5. The molecule has 0 saturated carbocycles. The van der Waals surface area contributed by atoms with E-state index >= 15 is 0 Å². The molecule has 0 radical (unpaired) electrons. The highest BCUT2D eigenvalue weighted by Gasteiger charge is 2.23. The number of carbonyl (C=O) groups is 3. The number of hydrogen-bond donors (Lipinski definition) is 2. The van der Waals surface area contributed by atoms with E-state index in [1.807, 2.05) is 29.2 Å². The van der Waals surface area contributed by atoms with Gasteiger partial charge in [0.1, 0.15) is 0 Å². The smallest absolute Gasteiger partial charge is 0.303 e. The van der Waals surface area contributed by atoms with Gasteiger partial charge in [0.2, 0.25) is 11.8 Å². The van der Waals surface area contributed by atoms with Crippen molar-refractivity contribution in [2.75, 3.05) is 24.2 Å². The quantitative estimate of drug-likeness (QED) is 0.574. The first kappa shape index (κ1) is 22.9. The Balaban J connectivity index is 1.41. The summed E-state index contributed by atoms with van der Waals surface area (Å²) in [6.07, 6.45) is 2.87. The van der Waals surface area contributed by atoms with Gasteiger partial charge in [0, 0.05) is 30.1 Å². The molecule has 1 saturated heterocycles. The van der Waals surface area contributed by atoms with Gasteiger partial charge in [-0.1, -0.05) is 36.4 Å². The molecular weight excluding hydrogens is 412 g/mol. The number of rotatable bonds is 9. The van der Waals surface area contributed by atoms with E-state index in [9.17, 15) is 14.4 Å². The van der Waals surface area contributed by atoms with Gasteiger partial charge >= 0.3 is 5.97 Å². The van der Waals surface area contributed by atoms with Crippen molar-refractivity contribution < 1.29 is 19.5 Å². The number of carboxylic acid groups (broad SMARTS) is 1. The summed E-state index contributed by atoms with van der Waals surface area (Å²) >= 11 is 1.45. The predicted octanol–water partition coefficient (Wildman–Crippen LogP) is 4.06. The van der Waals surface area contributed by atoms with Gasteiger partial charge in [0.25, 0.3) is 0 Å². The van der Waals surface area contributed by atoms with Crippen LogP contribution in [0.15, 0.2) is 59.5 Å². The fourth-order valence-corrected chi connectivity index (χ4v) is 4.54. The van der Waals surface area contributed by atoms with Crippen LogP contribution in [0.3, 0.4) is 0 Å². The van der Waals surface area contributed by atoms with Gasteiger partial charge in [-0.25, -0.2) is 0 Å². The van der Waals surface area contributed by atoms with Gasteiger partial charge in [0.15, 0.2) is 0 Å². The van der Waals surface area contributed by atoms with Crippen LogP contribution in [0.5, 0.6) is 0 Å². The zero-order chi connectivity index (χ0) is 22.1. The van der Waals surface area contributed by atoms with Crippen LogP contribution in [0.1, 0.15) is 31.2 Å². The van der Waals surface area contributed by atoms with Crippen LogP contribution in [-0.4, -0.2) is 46.6 Å². The predicted molar refractivity (Wildman–Crippen MR) is 122 cm³/mol. The molecule has 0 aromatic heterocycles. The summed E-state index contributed by atoms with van der Waals surface area (Å²) in [6.45, 7) is 1.60. The molecule has 0 unspecified atom stereocenters. The van der Waals surface area contributed by atoms with E-state index in [-0.39, 0.29) is 24.7 Å². The number of amides is 2. The van der Waals surface area contributed by atoms with Crippen LogP contribution in [0.25, 0.3) is 0 Å². The van der Waals surface area contributed by atoms with Crippen LogP contribution >= 0.6 is 11.8 Å². The minimum absolute atomic E-state index is 0.0641. The van der Waals surface area contributed by atoms with Gasteiger partial charge < -0.3 is 15.3 Å². The summed E-state index contributed by atoms with van der Waals surface area (Å²) in [7, 11) is 0. The normalized spacial score (nSPS) is 14.3. The van der Waals surface area contributed by atoms with Crippen LogP contribution < -0.4 is 5.32 Å². The number of piperidine rings is 1. The Morgan fingerprint density at radius 1 is 1.00 bits per heavy atom. The molecule has 7 heteroatoms. The van der Waals surface area contributed by atoms with Gasteiger partial charge in [-0.15, -0.1) is 11.8 Å². The molecule has 0 atom stereocenters. The molecule has 3 rings (SSSR count). The highest BCUT2D eigenvalue weighted by molar-refractivity contribution is 8.00. The van der Waals surface area contributed by atoms with Crippen molar-refractivity contribution in [3.63, 3.8) is 0 Å². The van der Waals surface area contributed by atoms with Crippen molar-refractivity contribution in [2.24, 2.45) is 5.92 Å². The summed E-state index contributed by atoms with van der Waals surface area (Å²) < 4.78 is 0. The maximum atomic E-state index is 12.6. The topological polar surface area (TPSA) is 86.7 Å². The fraction of sp³-hybridized carbons (Fsp3) is 0.375.